The smallest absolute Gasteiger partial charge is 0.136 e. The van der Waals surface area contributed by atoms with E-state index in [-0.39, 0.29) is 0 Å². The molecule has 0 aliphatic carbocycles. The molecular formula is C24H20ClIN4. The molecular weight excluding hydrogens is 507 g/mol. The van der Waals surface area contributed by atoms with Gasteiger partial charge in [0, 0.05) is 51.6 Å². The Morgan fingerprint density at radius 1 is 1.03 bits per heavy atom. The Balaban J connectivity index is 1.50. The first-order chi connectivity index (χ1) is 14.7. The van der Waals surface area contributed by atoms with Gasteiger partial charge in [0.2, 0.25) is 0 Å². The van der Waals surface area contributed by atoms with Crippen LogP contribution in [0.5, 0.6) is 0 Å². The van der Waals surface area contributed by atoms with Crippen molar-refractivity contribution in [2.75, 3.05) is 11.4 Å². The van der Waals surface area contributed by atoms with Gasteiger partial charge >= 0.3 is 0 Å². The van der Waals surface area contributed by atoms with Gasteiger partial charge in [0.15, 0.2) is 0 Å². The van der Waals surface area contributed by atoms with E-state index in [9.17, 15) is 0 Å². The van der Waals surface area contributed by atoms with Crippen molar-refractivity contribution in [3.8, 4) is 0 Å². The fourth-order valence-corrected chi connectivity index (χ4v) is 4.74. The molecule has 0 bridgehead atoms. The van der Waals surface area contributed by atoms with Gasteiger partial charge in [-0.25, -0.2) is 4.98 Å². The number of amidine groups is 1. The van der Waals surface area contributed by atoms with Gasteiger partial charge in [0.25, 0.3) is 0 Å². The van der Waals surface area contributed by atoms with Gasteiger partial charge < -0.3 is 9.47 Å². The molecule has 4 nitrogen and oxygen atoms in total. The number of rotatable bonds is 6. The molecule has 0 unspecified atom stereocenters. The van der Waals surface area contributed by atoms with Crippen molar-refractivity contribution in [1.29, 1.82) is 0 Å². The third kappa shape index (κ3) is 3.72. The lowest BCUT2D eigenvalue weighted by Crippen LogP contribution is -2.27. The lowest BCUT2D eigenvalue weighted by Gasteiger charge is -2.21. The Bertz CT molecular complexity index is 1220. The molecule has 1 aromatic heterocycles. The highest BCUT2D eigenvalue weighted by Crippen LogP contribution is 2.40. The highest BCUT2D eigenvalue weighted by atomic mass is 127. The van der Waals surface area contributed by atoms with E-state index >= 15 is 0 Å². The monoisotopic (exact) mass is 526 g/mol. The van der Waals surface area contributed by atoms with Crippen LogP contribution in [0.2, 0.25) is 5.02 Å². The van der Waals surface area contributed by atoms with E-state index in [0.29, 0.717) is 0 Å². The van der Waals surface area contributed by atoms with E-state index < -0.39 is 0 Å². The van der Waals surface area contributed by atoms with Crippen molar-refractivity contribution in [2.24, 2.45) is 4.99 Å². The highest BCUT2D eigenvalue weighted by Gasteiger charge is 2.28. The Kier molecular flexibility index (Phi) is 5.48. The molecule has 5 rings (SSSR count). The third-order valence-corrected chi connectivity index (χ3v) is 6.59. The number of aromatic nitrogens is 2. The quantitative estimate of drug-likeness (QED) is 0.223. The molecule has 1 aliphatic rings. The third-order valence-electron chi connectivity index (χ3n) is 5.40. The van der Waals surface area contributed by atoms with Crippen LogP contribution >= 0.6 is 34.2 Å². The van der Waals surface area contributed by atoms with Gasteiger partial charge in [-0.1, -0.05) is 41.9 Å². The fourth-order valence-electron chi connectivity index (χ4n) is 3.98. The minimum atomic E-state index is 0.758. The predicted octanol–water partition coefficient (Wildman–Crippen LogP) is 6.15. The van der Waals surface area contributed by atoms with Gasteiger partial charge in [-0.15, -0.1) is 0 Å². The van der Waals surface area contributed by atoms with Crippen LogP contribution in [0.1, 0.15) is 17.5 Å². The van der Waals surface area contributed by atoms with Crippen LogP contribution in [0, 0.1) is 3.57 Å². The average molecular weight is 527 g/mol. The lowest BCUT2D eigenvalue weighted by atomic mass is 10.1. The number of halogens is 2. The van der Waals surface area contributed by atoms with Gasteiger partial charge in [-0.2, -0.15) is 0 Å². The summed E-state index contributed by atoms with van der Waals surface area (Å²) in [5.41, 5.74) is 3.66. The number of hydrogen-bond acceptors (Lipinski definition) is 2. The molecule has 0 atom stereocenters. The number of aryl methyl sites for hydroxylation is 1. The Morgan fingerprint density at radius 2 is 1.90 bits per heavy atom. The molecule has 0 saturated heterocycles. The normalized spacial score (nSPS) is 14.2. The number of nitrogens with zero attached hydrogens (tertiary/aromatic N) is 4. The number of anilines is 1. The van der Waals surface area contributed by atoms with E-state index in [4.69, 9.17) is 16.6 Å². The summed E-state index contributed by atoms with van der Waals surface area (Å²) in [5.74, 6) is 1.05. The van der Waals surface area contributed by atoms with E-state index in [0.717, 1.165) is 36.9 Å². The average Bonchev–Trinajstić information content (AvgIpc) is 3.37. The van der Waals surface area contributed by atoms with Gasteiger partial charge in [-0.05, 0) is 64.2 Å². The largest absolute Gasteiger partial charge is 0.337 e. The van der Waals surface area contributed by atoms with Crippen molar-refractivity contribution in [3.05, 3.63) is 93.0 Å². The summed E-state index contributed by atoms with van der Waals surface area (Å²) >= 11 is 8.51. The van der Waals surface area contributed by atoms with E-state index in [1.54, 1.807) is 0 Å². The van der Waals surface area contributed by atoms with Crippen LogP contribution in [0.25, 0.3) is 10.8 Å². The first-order valence-corrected chi connectivity index (χ1v) is 11.4. The van der Waals surface area contributed by atoms with E-state index in [1.165, 1.54) is 31.2 Å². The molecule has 1 aliphatic heterocycles. The first-order valence-electron chi connectivity index (χ1n) is 9.94. The second kappa shape index (κ2) is 8.40. The molecule has 0 spiro atoms. The summed E-state index contributed by atoms with van der Waals surface area (Å²) in [6.45, 7) is 2.46. The van der Waals surface area contributed by atoms with Crippen LogP contribution in [0.3, 0.4) is 0 Å². The summed E-state index contributed by atoms with van der Waals surface area (Å²) in [6, 6.07) is 19.0. The Morgan fingerprint density at radius 3 is 2.70 bits per heavy atom. The summed E-state index contributed by atoms with van der Waals surface area (Å²) in [7, 11) is 0. The molecule has 150 valence electrons. The van der Waals surface area contributed by atoms with Crippen molar-refractivity contribution >= 4 is 56.5 Å². The summed E-state index contributed by atoms with van der Waals surface area (Å²) < 4.78 is 3.36. The molecule has 0 fully saturated rings. The van der Waals surface area contributed by atoms with Crippen molar-refractivity contribution in [1.82, 2.24) is 9.55 Å². The Labute approximate surface area is 194 Å². The zero-order valence-corrected chi connectivity index (χ0v) is 19.2. The molecule has 30 heavy (non-hydrogen) atoms. The van der Waals surface area contributed by atoms with Crippen molar-refractivity contribution in [3.63, 3.8) is 0 Å². The van der Waals surface area contributed by atoms with Gasteiger partial charge in [0.05, 0.1) is 12.0 Å². The minimum Gasteiger partial charge on any atom is -0.337 e. The zero-order chi connectivity index (χ0) is 20.5. The number of benzene rings is 3. The molecule has 0 saturated carbocycles. The summed E-state index contributed by atoms with van der Waals surface area (Å²) in [5, 5.41) is 3.34. The number of aliphatic imine (C=N–C) groups is 1. The van der Waals surface area contributed by atoms with Crippen LogP contribution in [0.4, 0.5) is 5.69 Å². The van der Waals surface area contributed by atoms with Crippen LogP contribution < -0.4 is 4.90 Å². The van der Waals surface area contributed by atoms with Gasteiger partial charge in [-0.3, -0.25) is 4.99 Å². The Hall–Kier alpha value is -2.38. The van der Waals surface area contributed by atoms with Crippen molar-refractivity contribution in [2.45, 2.75) is 19.5 Å². The van der Waals surface area contributed by atoms with E-state index in [2.05, 4.69) is 79.5 Å². The van der Waals surface area contributed by atoms with Crippen LogP contribution in [-0.2, 0) is 13.1 Å². The standard InChI is InChI=1S/C24H20ClIN4/c25-18-7-5-17(6-8-18)15-30-22-10-9-21(26)19-3-1-4-20(23(19)22)24(30)28-11-2-13-29-14-12-27-16-29/h1,3-10,12,14,16H,2,11,13,15H2/b28-24+. The van der Waals surface area contributed by atoms with Crippen LogP contribution in [-0.4, -0.2) is 21.9 Å². The number of imidazole rings is 1. The SMILES string of the molecule is Clc1ccc(CN2/C(=N/CCCn3ccnc3)c3cccc4c(I)ccc2c34)cc1. The summed E-state index contributed by atoms with van der Waals surface area (Å²) in [4.78, 5) is 11.5. The molecule has 3 aromatic carbocycles. The maximum absolute atomic E-state index is 6.09. The predicted molar refractivity (Wildman–Crippen MR) is 133 cm³/mol. The van der Waals surface area contributed by atoms with E-state index in [1.807, 2.05) is 30.9 Å². The molecule has 4 aromatic rings. The highest BCUT2D eigenvalue weighted by molar-refractivity contribution is 14.1. The molecule has 2 heterocycles. The topological polar surface area (TPSA) is 33.4 Å². The van der Waals surface area contributed by atoms with Gasteiger partial charge in [0.1, 0.15) is 5.84 Å². The minimum absolute atomic E-state index is 0.758. The molecule has 6 heteroatoms. The lowest BCUT2D eigenvalue weighted by molar-refractivity contribution is 0.650. The summed E-state index contributed by atoms with van der Waals surface area (Å²) in [6.07, 6.45) is 6.64. The molecule has 0 N–H and O–H groups in total. The second-order valence-corrected chi connectivity index (χ2v) is 8.97. The zero-order valence-electron chi connectivity index (χ0n) is 16.3. The number of hydrogen-bond donors (Lipinski definition) is 0. The second-order valence-electron chi connectivity index (χ2n) is 7.37. The first kappa shape index (κ1) is 19.6. The molecule has 0 amide bonds. The molecule has 0 radical (unpaired) electrons. The maximum atomic E-state index is 6.09. The maximum Gasteiger partial charge on any atom is 0.136 e. The van der Waals surface area contributed by atoms with Crippen LogP contribution in [0.15, 0.2) is 78.3 Å². The van der Waals surface area contributed by atoms with Crippen molar-refractivity contribution < 1.29 is 0 Å². The fraction of sp³-hybridized carbons (Fsp3) is 0.167.